The lowest BCUT2D eigenvalue weighted by Gasteiger charge is -2.05. The van der Waals surface area contributed by atoms with E-state index in [0.717, 1.165) is 5.56 Å². The average molecular weight is 288 g/mol. The summed E-state index contributed by atoms with van der Waals surface area (Å²) in [5.41, 5.74) is 1.93. The van der Waals surface area contributed by atoms with Crippen LogP contribution in [0.25, 0.3) is 22.6 Å². The third-order valence-corrected chi connectivity index (χ3v) is 3.08. The van der Waals surface area contributed by atoms with Crippen LogP contribution in [0.1, 0.15) is 0 Å². The molecule has 0 saturated carbocycles. The highest BCUT2D eigenvalue weighted by Crippen LogP contribution is 2.25. The molecule has 0 unspecified atom stereocenters. The second-order valence-corrected chi connectivity index (χ2v) is 4.71. The van der Waals surface area contributed by atoms with Crippen LogP contribution in [-0.4, -0.2) is 25.6 Å². The van der Waals surface area contributed by atoms with Crippen molar-refractivity contribution in [3.05, 3.63) is 47.6 Å². The van der Waals surface area contributed by atoms with Gasteiger partial charge in [0.1, 0.15) is 17.9 Å². The van der Waals surface area contributed by atoms with Gasteiger partial charge in [0.2, 0.25) is 0 Å². The second-order valence-electron chi connectivity index (χ2n) is 4.28. The summed E-state index contributed by atoms with van der Waals surface area (Å²) in [6.07, 6.45) is 1.48. The van der Waals surface area contributed by atoms with Gasteiger partial charge >= 0.3 is 5.97 Å². The maximum absolute atomic E-state index is 11.1. The SMILES string of the molecule is O=C(O)Cn1c(-c2ccccc2)nc2cc(Cl)cnc21. The van der Waals surface area contributed by atoms with E-state index in [9.17, 15) is 4.79 Å². The van der Waals surface area contributed by atoms with Crippen LogP contribution in [-0.2, 0) is 11.3 Å². The number of rotatable bonds is 3. The summed E-state index contributed by atoms with van der Waals surface area (Å²) in [4.78, 5) is 19.7. The van der Waals surface area contributed by atoms with E-state index in [1.165, 1.54) is 6.20 Å². The van der Waals surface area contributed by atoms with E-state index in [2.05, 4.69) is 9.97 Å². The maximum Gasteiger partial charge on any atom is 0.323 e. The van der Waals surface area contributed by atoms with E-state index >= 15 is 0 Å². The molecule has 5 nitrogen and oxygen atoms in total. The smallest absolute Gasteiger partial charge is 0.323 e. The van der Waals surface area contributed by atoms with E-state index in [-0.39, 0.29) is 6.54 Å². The average Bonchev–Trinajstić information content (AvgIpc) is 2.77. The highest BCUT2D eigenvalue weighted by Gasteiger charge is 2.15. The van der Waals surface area contributed by atoms with Gasteiger partial charge in [0.25, 0.3) is 0 Å². The fourth-order valence-electron chi connectivity index (χ4n) is 2.08. The fourth-order valence-corrected chi connectivity index (χ4v) is 2.23. The van der Waals surface area contributed by atoms with Gasteiger partial charge in [-0.15, -0.1) is 0 Å². The van der Waals surface area contributed by atoms with Crippen LogP contribution in [0.2, 0.25) is 5.02 Å². The predicted octanol–water partition coefficient (Wildman–Crippen LogP) is 2.84. The molecule has 1 aromatic carbocycles. The fraction of sp³-hybridized carbons (Fsp3) is 0.0714. The Morgan fingerprint density at radius 1 is 1.30 bits per heavy atom. The van der Waals surface area contributed by atoms with Gasteiger partial charge in [0.15, 0.2) is 5.65 Å². The number of fused-ring (bicyclic) bond motifs is 1. The standard InChI is InChI=1S/C14H10ClN3O2/c15-10-6-11-14(16-7-10)18(8-12(19)20)13(17-11)9-4-2-1-3-5-9/h1-7H,8H2,(H,19,20). The number of carbonyl (C=O) groups is 1. The molecule has 3 rings (SSSR count). The third-order valence-electron chi connectivity index (χ3n) is 2.88. The molecule has 2 aromatic heterocycles. The highest BCUT2D eigenvalue weighted by molar-refractivity contribution is 6.31. The van der Waals surface area contributed by atoms with Crippen molar-refractivity contribution in [2.75, 3.05) is 0 Å². The zero-order valence-electron chi connectivity index (χ0n) is 10.3. The molecule has 100 valence electrons. The summed E-state index contributed by atoms with van der Waals surface area (Å²) < 4.78 is 1.57. The number of carboxylic acid groups (broad SMARTS) is 1. The van der Waals surface area contributed by atoms with Crippen molar-refractivity contribution in [2.45, 2.75) is 6.54 Å². The third kappa shape index (κ3) is 2.23. The van der Waals surface area contributed by atoms with Crippen LogP contribution in [0.3, 0.4) is 0 Å². The number of nitrogens with zero attached hydrogens (tertiary/aromatic N) is 3. The molecule has 2 heterocycles. The molecule has 0 aliphatic rings. The first-order valence-electron chi connectivity index (χ1n) is 5.94. The lowest BCUT2D eigenvalue weighted by Crippen LogP contribution is -2.10. The Kier molecular flexibility index (Phi) is 3.12. The molecule has 0 aliphatic carbocycles. The van der Waals surface area contributed by atoms with Gasteiger partial charge in [0.05, 0.1) is 5.02 Å². The van der Waals surface area contributed by atoms with Crippen molar-refractivity contribution in [3.63, 3.8) is 0 Å². The Morgan fingerprint density at radius 2 is 2.05 bits per heavy atom. The minimum atomic E-state index is -0.946. The number of benzene rings is 1. The molecule has 0 fully saturated rings. The normalized spacial score (nSPS) is 10.8. The Hall–Kier alpha value is -2.40. The molecule has 0 radical (unpaired) electrons. The first kappa shape index (κ1) is 12.6. The number of aliphatic carboxylic acids is 1. The quantitative estimate of drug-likeness (QED) is 0.804. The van der Waals surface area contributed by atoms with E-state index in [4.69, 9.17) is 16.7 Å². The van der Waals surface area contributed by atoms with Gasteiger partial charge in [0, 0.05) is 11.8 Å². The Morgan fingerprint density at radius 3 is 2.75 bits per heavy atom. The first-order chi connectivity index (χ1) is 9.65. The van der Waals surface area contributed by atoms with E-state index in [0.29, 0.717) is 22.0 Å². The molecular weight excluding hydrogens is 278 g/mol. The summed E-state index contributed by atoms with van der Waals surface area (Å²) in [5.74, 6) is -0.379. The summed E-state index contributed by atoms with van der Waals surface area (Å²) >= 11 is 5.90. The number of carboxylic acids is 1. The number of hydrogen-bond acceptors (Lipinski definition) is 3. The summed E-state index contributed by atoms with van der Waals surface area (Å²) in [6, 6.07) is 11.1. The molecule has 3 aromatic rings. The first-order valence-corrected chi connectivity index (χ1v) is 6.32. The zero-order valence-corrected chi connectivity index (χ0v) is 11.1. The van der Waals surface area contributed by atoms with Gasteiger partial charge in [-0.25, -0.2) is 9.97 Å². The summed E-state index contributed by atoms with van der Waals surface area (Å²) in [7, 11) is 0. The molecule has 20 heavy (non-hydrogen) atoms. The summed E-state index contributed by atoms with van der Waals surface area (Å²) in [5, 5.41) is 9.54. The topological polar surface area (TPSA) is 68.0 Å². The van der Waals surface area contributed by atoms with Crippen molar-refractivity contribution in [3.8, 4) is 11.4 Å². The Labute approximate surface area is 119 Å². The molecule has 6 heteroatoms. The molecule has 0 bridgehead atoms. The van der Waals surface area contributed by atoms with Crippen LogP contribution < -0.4 is 0 Å². The van der Waals surface area contributed by atoms with E-state index in [1.54, 1.807) is 10.6 Å². The van der Waals surface area contributed by atoms with Crippen LogP contribution in [0, 0.1) is 0 Å². The molecule has 1 N–H and O–H groups in total. The van der Waals surface area contributed by atoms with Crippen molar-refractivity contribution < 1.29 is 9.90 Å². The lowest BCUT2D eigenvalue weighted by molar-refractivity contribution is -0.137. The maximum atomic E-state index is 11.1. The number of pyridine rings is 1. The number of aromatic nitrogens is 3. The predicted molar refractivity (Wildman–Crippen MR) is 75.6 cm³/mol. The Bertz CT molecular complexity index is 784. The van der Waals surface area contributed by atoms with Crippen molar-refractivity contribution >= 4 is 28.7 Å². The molecule has 0 spiro atoms. The minimum Gasteiger partial charge on any atom is -0.480 e. The van der Waals surface area contributed by atoms with E-state index in [1.807, 2.05) is 30.3 Å². The molecule has 0 saturated heterocycles. The number of halogens is 1. The van der Waals surface area contributed by atoms with Crippen LogP contribution in [0.15, 0.2) is 42.6 Å². The zero-order chi connectivity index (χ0) is 14.1. The highest BCUT2D eigenvalue weighted by atomic mass is 35.5. The number of hydrogen-bond donors (Lipinski definition) is 1. The molecular formula is C14H10ClN3O2. The van der Waals surface area contributed by atoms with Crippen molar-refractivity contribution in [1.29, 1.82) is 0 Å². The van der Waals surface area contributed by atoms with Gasteiger partial charge in [-0.1, -0.05) is 41.9 Å². The Balaban J connectivity index is 2.27. The van der Waals surface area contributed by atoms with Crippen LogP contribution in [0.4, 0.5) is 0 Å². The van der Waals surface area contributed by atoms with Crippen molar-refractivity contribution in [1.82, 2.24) is 14.5 Å². The lowest BCUT2D eigenvalue weighted by atomic mass is 10.2. The van der Waals surface area contributed by atoms with Gasteiger partial charge in [-0.2, -0.15) is 0 Å². The monoisotopic (exact) mass is 287 g/mol. The van der Waals surface area contributed by atoms with Crippen molar-refractivity contribution in [2.24, 2.45) is 0 Å². The van der Waals surface area contributed by atoms with E-state index < -0.39 is 5.97 Å². The molecule has 0 aliphatic heterocycles. The van der Waals surface area contributed by atoms with Gasteiger partial charge in [-0.05, 0) is 6.07 Å². The molecule has 0 atom stereocenters. The van der Waals surface area contributed by atoms with Crippen LogP contribution in [0.5, 0.6) is 0 Å². The number of imidazole rings is 1. The molecule has 0 amide bonds. The van der Waals surface area contributed by atoms with Crippen LogP contribution >= 0.6 is 11.6 Å². The second kappa shape index (κ2) is 4.94. The summed E-state index contributed by atoms with van der Waals surface area (Å²) in [6.45, 7) is -0.199. The van der Waals surface area contributed by atoms with Gasteiger partial charge in [-0.3, -0.25) is 9.36 Å². The minimum absolute atomic E-state index is 0.199. The van der Waals surface area contributed by atoms with Gasteiger partial charge < -0.3 is 5.11 Å². The largest absolute Gasteiger partial charge is 0.480 e.